The number of β-amino-alcohol motifs (C(OH)–C–C–N with tert-alkyl or cyclic N) is 1. The second-order valence-corrected chi connectivity index (χ2v) is 5.18. The van der Waals surface area contributed by atoms with E-state index < -0.39 is 5.60 Å². The van der Waals surface area contributed by atoms with Gasteiger partial charge in [0.25, 0.3) is 0 Å². The quantitative estimate of drug-likeness (QED) is 0.864. The SMILES string of the molecule is Cc1ccc(OCCN2CCC(C)(O)C2)cc1. The first kappa shape index (κ1) is 12.4. The molecule has 0 bridgehead atoms. The zero-order chi connectivity index (χ0) is 12.3. The molecule has 0 saturated carbocycles. The van der Waals surface area contributed by atoms with E-state index in [1.54, 1.807) is 0 Å². The second kappa shape index (κ2) is 5.07. The lowest BCUT2D eigenvalue weighted by Crippen LogP contribution is -2.32. The molecule has 1 heterocycles. The summed E-state index contributed by atoms with van der Waals surface area (Å²) < 4.78 is 5.67. The van der Waals surface area contributed by atoms with Crippen LogP contribution in [-0.2, 0) is 0 Å². The Morgan fingerprint density at radius 3 is 2.65 bits per heavy atom. The Balaban J connectivity index is 1.71. The van der Waals surface area contributed by atoms with E-state index in [-0.39, 0.29) is 0 Å². The molecule has 1 atom stereocenters. The molecule has 1 aromatic carbocycles. The highest BCUT2D eigenvalue weighted by Gasteiger charge is 2.30. The summed E-state index contributed by atoms with van der Waals surface area (Å²) in [7, 11) is 0. The fraction of sp³-hybridized carbons (Fsp3) is 0.571. The Hall–Kier alpha value is -1.06. The van der Waals surface area contributed by atoms with Gasteiger partial charge >= 0.3 is 0 Å². The highest BCUT2D eigenvalue weighted by atomic mass is 16.5. The van der Waals surface area contributed by atoms with Gasteiger partial charge in [0.2, 0.25) is 0 Å². The first-order valence-corrected chi connectivity index (χ1v) is 6.19. The summed E-state index contributed by atoms with van der Waals surface area (Å²) in [4.78, 5) is 2.24. The van der Waals surface area contributed by atoms with Gasteiger partial charge in [0.1, 0.15) is 12.4 Å². The van der Waals surface area contributed by atoms with E-state index in [0.717, 1.165) is 31.8 Å². The topological polar surface area (TPSA) is 32.7 Å². The third kappa shape index (κ3) is 3.72. The van der Waals surface area contributed by atoms with E-state index in [2.05, 4.69) is 24.0 Å². The molecule has 0 aliphatic carbocycles. The van der Waals surface area contributed by atoms with Crippen molar-refractivity contribution in [2.24, 2.45) is 0 Å². The summed E-state index contributed by atoms with van der Waals surface area (Å²) in [5.74, 6) is 0.918. The van der Waals surface area contributed by atoms with Crippen LogP contribution in [0.5, 0.6) is 5.75 Å². The van der Waals surface area contributed by atoms with Crippen LogP contribution in [0.25, 0.3) is 0 Å². The Labute approximate surface area is 103 Å². The number of aryl methyl sites for hydroxylation is 1. The van der Waals surface area contributed by atoms with Crippen molar-refractivity contribution in [2.45, 2.75) is 25.9 Å². The lowest BCUT2D eigenvalue weighted by Gasteiger charge is -2.18. The maximum Gasteiger partial charge on any atom is 0.119 e. The fourth-order valence-electron chi connectivity index (χ4n) is 2.16. The molecule has 0 aromatic heterocycles. The van der Waals surface area contributed by atoms with E-state index in [9.17, 15) is 5.11 Å². The van der Waals surface area contributed by atoms with Crippen LogP contribution in [0.1, 0.15) is 18.9 Å². The molecule has 1 aliphatic heterocycles. The van der Waals surface area contributed by atoms with Crippen LogP contribution in [-0.4, -0.2) is 41.8 Å². The van der Waals surface area contributed by atoms with Crippen molar-refractivity contribution >= 4 is 0 Å². The van der Waals surface area contributed by atoms with Crippen molar-refractivity contribution in [1.29, 1.82) is 0 Å². The van der Waals surface area contributed by atoms with E-state index in [4.69, 9.17) is 4.74 Å². The number of rotatable bonds is 4. The van der Waals surface area contributed by atoms with Gasteiger partial charge in [-0.2, -0.15) is 0 Å². The molecule has 0 radical (unpaired) electrons. The highest BCUT2D eigenvalue weighted by molar-refractivity contribution is 5.26. The molecule has 17 heavy (non-hydrogen) atoms. The molecule has 3 nitrogen and oxygen atoms in total. The van der Waals surface area contributed by atoms with Crippen molar-refractivity contribution in [3.63, 3.8) is 0 Å². The predicted octanol–water partition coefficient (Wildman–Crippen LogP) is 1.83. The van der Waals surface area contributed by atoms with Crippen LogP contribution >= 0.6 is 0 Å². The first-order chi connectivity index (χ1) is 8.05. The summed E-state index contributed by atoms with van der Waals surface area (Å²) in [6.07, 6.45) is 0.859. The van der Waals surface area contributed by atoms with Crippen LogP contribution in [0, 0.1) is 6.92 Å². The van der Waals surface area contributed by atoms with Gasteiger partial charge < -0.3 is 9.84 Å². The molecule has 1 aromatic rings. The molecule has 94 valence electrons. The first-order valence-electron chi connectivity index (χ1n) is 6.19. The number of aliphatic hydroxyl groups is 1. The van der Waals surface area contributed by atoms with Gasteiger partial charge in [-0.3, -0.25) is 4.90 Å². The van der Waals surface area contributed by atoms with Crippen LogP contribution in [0.4, 0.5) is 0 Å². The van der Waals surface area contributed by atoms with Crippen molar-refractivity contribution in [3.05, 3.63) is 29.8 Å². The maximum atomic E-state index is 9.83. The van der Waals surface area contributed by atoms with Crippen LogP contribution < -0.4 is 4.74 Å². The van der Waals surface area contributed by atoms with Gasteiger partial charge in [0.15, 0.2) is 0 Å². The minimum Gasteiger partial charge on any atom is -0.492 e. The van der Waals surface area contributed by atoms with Crippen molar-refractivity contribution < 1.29 is 9.84 Å². The molecule has 0 spiro atoms. The summed E-state index contributed by atoms with van der Waals surface area (Å²) >= 11 is 0. The normalized spacial score (nSPS) is 25.1. The highest BCUT2D eigenvalue weighted by Crippen LogP contribution is 2.19. The summed E-state index contributed by atoms with van der Waals surface area (Å²) in [6.45, 7) is 7.24. The largest absolute Gasteiger partial charge is 0.492 e. The van der Waals surface area contributed by atoms with Gasteiger partial charge in [-0.15, -0.1) is 0 Å². The van der Waals surface area contributed by atoms with E-state index >= 15 is 0 Å². The zero-order valence-corrected chi connectivity index (χ0v) is 10.6. The summed E-state index contributed by atoms with van der Waals surface area (Å²) in [5, 5.41) is 9.83. The van der Waals surface area contributed by atoms with Gasteiger partial charge in [-0.25, -0.2) is 0 Å². The third-order valence-electron chi connectivity index (χ3n) is 3.23. The minimum absolute atomic E-state index is 0.510. The fourth-order valence-corrected chi connectivity index (χ4v) is 2.16. The molecular formula is C14H21NO2. The lowest BCUT2D eigenvalue weighted by molar-refractivity contribution is 0.0670. The number of hydrogen-bond acceptors (Lipinski definition) is 3. The standard InChI is InChI=1S/C14H21NO2/c1-12-3-5-13(6-4-12)17-10-9-15-8-7-14(2,16)11-15/h3-6,16H,7-11H2,1-2H3. The van der Waals surface area contributed by atoms with Crippen LogP contribution in [0.15, 0.2) is 24.3 Å². The number of benzene rings is 1. The zero-order valence-electron chi connectivity index (χ0n) is 10.6. The Kier molecular flexibility index (Phi) is 3.69. The van der Waals surface area contributed by atoms with E-state index in [1.165, 1.54) is 5.56 Å². The molecule has 1 fully saturated rings. The Morgan fingerprint density at radius 2 is 2.06 bits per heavy atom. The predicted molar refractivity (Wildman–Crippen MR) is 68.4 cm³/mol. The lowest BCUT2D eigenvalue weighted by atomic mass is 10.1. The molecule has 0 amide bonds. The number of likely N-dealkylation sites (tertiary alicyclic amines) is 1. The van der Waals surface area contributed by atoms with Gasteiger partial charge in [-0.1, -0.05) is 17.7 Å². The molecule has 2 rings (SSSR count). The minimum atomic E-state index is -0.510. The van der Waals surface area contributed by atoms with Crippen molar-refractivity contribution in [2.75, 3.05) is 26.2 Å². The molecule has 3 heteroatoms. The van der Waals surface area contributed by atoms with Gasteiger partial charge in [0, 0.05) is 19.6 Å². The summed E-state index contributed by atoms with van der Waals surface area (Å²) in [5.41, 5.74) is 0.733. The van der Waals surface area contributed by atoms with Crippen LogP contribution in [0.2, 0.25) is 0 Å². The number of nitrogens with zero attached hydrogens (tertiary/aromatic N) is 1. The second-order valence-electron chi connectivity index (χ2n) is 5.18. The molecule has 1 unspecified atom stereocenters. The average Bonchev–Trinajstić information content (AvgIpc) is 2.61. The molecule has 1 N–H and O–H groups in total. The number of hydrogen-bond donors (Lipinski definition) is 1. The van der Waals surface area contributed by atoms with Crippen LogP contribution in [0.3, 0.4) is 0 Å². The molecule has 1 aliphatic rings. The van der Waals surface area contributed by atoms with Gasteiger partial charge in [-0.05, 0) is 32.4 Å². The number of ether oxygens (including phenoxy) is 1. The van der Waals surface area contributed by atoms with E-state index in [0.29, 0.717) is 6.61 Å². The Morgan fingerprint density at radius 1 is 1.35 bits per heavy atom. The Bertz CT molecular complexity index is 359. The molecule has 1 saturated heterocycles. The summed E-state index contributed by atoms with van der Waals surface area (Å²) in [6, 6.07) is 8.09. The van der Waals surface area contributed by atoms with Gasteiger partial charge in [0.05, 0.1) is 5.60 Å². The maximum absolute atomic E-state index is 9.83. The van der Waals surface area contributed by atoms with E-state index in [1.807, 2.05) is 19.1 Å². The molecular weight excluding hydrogens is 214 g/mol. The smallest absolute Gasteiger partial charge is 0.119 e. The van der Waals surface area contributed by atoms with Crippen molar-refractivity contribution in [3.8, 4) is 5.75 Å². The van der Waals surface area contributed by atoms with Crippen molar-refractivity contribution in [1.82, 2.24) is 4.90 Å². The average molecular weight is 235 g/mol. The monoisotopic (exact) mass is 235 g/mol. The third-order valence-corrected chi connectivity index (χ3v) is 3.23.